The van der Waals surface area contributed by atoms with E-state index in [9.17, 15) is 26.4 Å². The van der Waals surface area contributed by atoms with Crippen LogP contribution in [0.5, 0.6) is 0 Å². The average Bonchev–Trinajstić information content (AvgIpc) is 3.39. The molecule has 1 amide bonds. The van der Waals surface area contributed by atoms with Gasteiger partial charge in [-0.2, -0.15) is 13.2 Å². The van der Waals surface area contributed by atoms with Gasteiger partial charge in [0.25, 0.3) is 0 Å². The van der Waals surface area contributed by atoms with E-state index in [0.717, 1.165) is 41.9 Å². The second-order valence-corrected chi connectivity index (χ2v) is 11.9. The van der Waals surface area contributed by atoms with Crippen molar-refractivity contribution in [3.8, 4) is 0 Å². The second kappa shape index (κ2) is 11.8. The molecule has 1 atom stereocenters. The summed E-state index contributed by atoms with van der Waals surface area (Å²) >= 11 is 0. The number of rotatable bonds is 9. The summed E-state index contributed by atoms with van der Waals surface area (Å²) in [6.07, 6.45) is -3.45. The number of hydrogen-bond donors (Lipinski definition) is 1. The first-order chi connectivity index (χ1) is 18.5. The molecule has 1 heterocycles. The van der Waals surface area contributed by atoms with E-state index in [1.54, 1.807) is 38.3 Å². The van der Waals surface area contributed by atoms with E-state index in [1.807, 2.05) is 18.2 Å². The molecule has 1 unspecified atom stereocenters. The summed E-state index contributed by atoms with van der Waals surface area (Å²) in [6, 6.07) is 17.3. The number of nitrogens with zero attached hydrogens (tertiary/aromatic N) is 1. The maximum absolute atomic E-state index is 12.9. The van der Waals surface area contributed by atoms with Gasteiger partial charge in [-0.15, -0.1) is 0 Å². The fraction of sp³-hybridized carbons (Fsp3) is 0.345. The molecule has 1 aliphatic rings. The van der Waals surface area contributed by atoms with Crippen LogP contribution >= 0.6 is 0 Å². The third-order valence-electron chi connectivity index (χ3n) is 6.93. The summed E-state index contributed by atoms with van der Waals surface area (Å²) < 4.78 is 68.1. The molecular weight excluding hydrogens is 529 g/mol. The van der Waals surface area contributed by atoms with Gasteiger partial charge in [0.15, 0.2) is 9.84 Å². The lowest BCUT2D eigenvalue weighted by molar-refractivity contribution is -0.137. The Morgan fingerprint density at radius 3 is 2.36 bits per heavy atom. The fourth-order valence-corrected chi connectivity index (χ4v) is 5.69. The molecule has 1 N–H and O–H groups in total. The third kappa shape index (κ3) is 6.99. The highest BCUT2D eigenvalue weighted by atomic mass is 32.2. The minimum Gasteiger partial charge on any atom is -0.380 e. The minimum atomic E-state index is -4.35. The van der Waals surface area contributed by atoms with Crippen LogP contribution in [0, 0.1) is 0 Å². The molecule has 0 radical (unpaired) electrons. The Labute approximate surface area is 226 Å². The minimum absolute atomic E-state index is 0.0137. The number of halogens is 3. The van der Waals surface area contributed by atoms with Gasteiger partial charge in [-0.1, -0.05) is 31.2 Å². The van der Waals surface area contributed by atoms with E-state index in [1.165, 1.54) is 12.1 Å². The number of carbonyl (C=O) groups excluding carboxylic acids is 1. The standard InChI is InChI=1S/C29H31F3N2O4S/c1-3-39(36,37)26-11-4-20(5-12-26)16-28(35)33-25-10-13-27(23(17-25)19-38-2)34-15-14-22(18-34)21-6-8-24(9-7-21)29(30,31)32/h4-13,17,22H,3,14-16,18-19H2,1-2H3,(H,33,35). The van der Waals surface area contributed by atoms with Gasteiger partial charge in [0.1, 0.15) is 0 Å². The number of benzene rings is 3. The number of alkyl halides is 3. The molecule has 3 aromatic rings. The van der Waals surface area contributed by atoms with Gasteiger partial charge >= 0.3 is 6.18 Å². The fourth-order valence-electron chi connectivity index (χ4n) is 4.81. The van der Waals surface area contributed by atoms with E-state index in [0.29, 0.717) is 24.4 Å². The van der Waals surface area contributed by atoms with Gasteiger partial charge in [-0.05, 0) is 60.0 Å². The summed E-state index contributed by atoms with van der Waals surface area (Å²) in [5, 5.41) is 2.89. The molecule has 6 nitrogen and oxygen atoms in total. The average molecular weight is 561 g/mol. The van der Waals surface area contributed by atoms with Gasteiger partial charge in [0, 0.05) is 43.1 Å². The Kier molecular flexibility index (Phi) is 8.66. The molecule has 208 valence electrons. The van der Waals surface area contributed by atoms with E-state index >= 15 is 0 Å². The normalized spacial score (nSPS) is 15.9. The van der Waals surface area contributed by atoms with E-state index in [-0.39, 0.29) is 28.9 Å². The summed E-state index contributed by atoms with van der Waals surface area (Å²) in [7, 11) is -1.71. The highest BCUT2D eigenvalue weighted by Crippen LogP contribution is 2.36. The Hall–Kier alpha value is -3.37. The SMILES string of the molecule is CCS(=O)(=O)c1ccc(CC(=O)Nc2ccc(N3CCC(c4ccc(C(F)(F)F)cc4)C3)c(COC)c2)cc1. The number of hydrogen-bond acceptors (Lipinski definition) is 5. The molecule has 0 bridgehead atoms. The molecule has 39 heavy (non-hydrogen) atoms. The molecule has 1 fully saturated rings. The zero-order valence-corrected chi connectivity index (χ0v) is 22.6. The number of ether oxygens (including phenoxy) is 1. The van der Waals surface area contributed by atoms with E-state index < -0.39 is 21.6 Å². The van der Waals surface area contributed by atoms with Crippen molar-refractivity contribution < 1.29 is 31.1 Å². The van der Waals surface area contributed by atoms with Crippen LogP contribution in [-0.4, -0.2) is 40.3 Å². The van der Waals surface area contributed by atoms with Crippen molar-refractivity contribution in [3.63, 3.8) is 0 Å². The van der Waals surface area contributed by atoms with E-state index in [4.69, 9.17) is 4.74 Å². The van der Waals surface area contributed by atoms with Crippen LogP contribution in [0.3, 0.4) is 0 Å². The van der Waals surface area contributed by atoms with Gasteiger partial charge in [-0.3, -0.25) is 4.79 Å². The molecule has 10 heteroatoms. The van der Waals surface area contributed by atoms with Gasteiger partial charge in [0.05, 0.1) is 29.2 Å². The van der Waals surface area contributed by atoms with Crippen LogP contribution in [0.2, 0.25) is 0 Å². The topological polar surface area (TPSA) is 75.7 Å². The van der Waals surface area contributed by atoms with Crippen molar-refractivity contribution in [3.05, 3.63) is 89.0 Å². The molecule has 3 aromatic carbocycles. The molecule has 1 aliphatic heterocycles. The van der Waals surface area contributed by atoms with E-state index in [2.05, 4.69) is 10.2 Å². The zero-order valence-electron chi connectivity index (χ0n) is 21.8. The molecule has 0 aliphatic carbocycles. The van der Waals surface area contributed by atoms with Crippen molar-refractivity contribution in [2.45, 2.75) is 43.4 Å². The quantitative estimate of drug-likeness (QED) is 0.357. The van der Waals surface area contributed by atoms with Crippen LogP contribution in [-0.2, 0) is 38.6 Å². The van der Waals surface area contributed by atoms with Crippen LogP contribution in [0.15, 0.2) is 71.6 Å². The first-order valence-electron chi connectivity index (χ1n) is 12.7. The number of nitrogens with one attached hydrogen (secondary N) is 1. The smallest absolute Gasteiger partial charge is 0.380 e. The number of sulfone groups is 1. The zero-order chi connectivity index (χ0) is 28.2. The molecular formula is C29H31F3N2O4S. The number of carbonyl (C=O) groups is 1. The largest absolute Gasteiger partial charge is 0.416 e. The molecule has 0 spiro atoms. The number of anilines is 2. The van der Waals surface area contributed by atoms with Crippen molar-refractivity contribution in [1.29, 1.82) is 0 Å². The summed E-state index contributed by atoms with van der Waals surface area (Å²) in [5.74, 6) is -0.110. The second-order valence-electron chi connectivity index (χ2n) is 9.60. The maximum atomic E-state index is 12.9. The first-order valence-corrected chi connectivity index (χ1v) is 14.3. The van der Waals surface area contributed by atoms with Crippen molar-refractivity contribution in [2.24, 2.45) is 0 Å². The van der Waals surface area contributed by atoms with Gasteiger partial charge < -0.3 is 15.0 Å². The lowest BCUT2D eigenvalue weighted by Crippen LogP contribution is -2.21. The van der Waals surface area contributed by atoms with Crippen molar-refractivity contribution in [1.82, 2.24) is 0 Å². The van der Waals surface area contributed by atoms with Crippen molar-refractivity contribution >= 4 is 27.1 Å². The Morgan fingerprint density at radius 1 is 1.05 bits per heavy atom. The maximum Gasteiger partial charge on any atom is 0.416 e. The summed E-state index contributed by atoms with van der Waals surface area (Å²) in [4.78, 5) is 15.1. The summed E-state index contributed by atoms with van der Waals surface area (Å²) in [5.41, 5.74) is 3.38. The predicted octanol–water partition coefficient (Wildman–Crippen LogP) is 5.82. The first kappa shape index (κ1) is 28.6. The lowest BCUT2D eigenvalue weighted by Gasteiger charge is -2.23. The van der Waals surface area contributed by atoms with Crippen LogP contribution < -0.4 is 10.2 Å². The highest BCUT2D eigenvalue weighted by molar-refractivity contribution is 7.91. The molecule has 1 saturated heterocycles. The molecule has 0 aromatic heterocycles. The van der Waals surface area contributed by atoms with Gasteiger partial charge in [0.2, 0.25) is 5.91 Å². The summed E-state index contributed by atoms with van der Waals surface area (Å²) in [6.45, 7) is 3.32. The monoisotopic (exact) mass is 560 g/mol. The van der Waals surface area contributed by atoms with Crippen LogP contribution in [0.25, 0.3) is 0 Å². The highest BCUT2D eigenvalue weighted by Gasteiger charge is 2.31. The Balaban J connectivity index is 1.42. The lowest BCUT2D eigenvalue weighted by atomic mass is 9.97. The number of methoxy groups -OCH3 is 1. The Bertz CT molecular complexity index is 1410. The predicted molar refractivity (Wildman–Crippen MR) is 145 cm³/mol. The molecule has 0 saturated carbocycles. The Morgan fingerprint density at radius 2 is 1.74 bits per heavy atom. The van der Waals surface area contributed by atoms with Gasteiger partial charge in [-0.25, -0.2) is 8.42 Å². The number of amides is 1. The third-order valence-corrected chi connectivity index (χ3v) is 8.68. The molecule has 4 rings (SSSR count). The van der Waals surface area contributed by atoms with Crippen LogP contribution in [0.1, 0.15) is 41.5 Å². The van der Waals surface area contributed by atoms with Crippen LogP contribution in [0.4, 0.5) is 24.5 Å². The van der Waals surface area contributed by atoms with Crippen molar-refractivity contribution in [2.75, 3.05) is 36.2 Å².